The zero-order valence-electron chi connectivity index (χ0n) is 26.8. The highest BCUT2D eigenvalue weighted by Crippen LogP contribution is 2.38. The van der Waals surface area contributed by atoms with E-state index in [-0.39, 0.29) is 18.8 Å². The number of thiazole rings is 1. The molecule has 1 aromatic heterocycles. The Bertz CT molecular complexity index is 2290. The number of rotatable bonds is 10. The van der Waals surface area contributed by atoms with Crippen molar-refractivity contribution < 1.29 is 19.0 Å². The number of nitrogens with zero attached hydrogens (tertiary/aromatic N) is 3. The van der Waals surface area contributed by atoms with Gasteiger partial charge in [0.15, 0.2) is 16.3 Å². The predicted molar refractivity (Wildman–Crippen MR) is 195 cm³/mol. The van der Waals surface area contributed by atoms with Crippen LogP contribution in [-0.4, -0.2) is 30.5 Å². The van der Waals surface area contributed by atoms with Gasteiger partial charge in [-0.15, -0.1) is 11.8 Å². The quantitative estimate of drug-likeness (QED) is 0.113. The maximum Gasteiger partial charge on any atom is 0.338 e. The van der Waals surface area contributed by atoms with E-state index < -0.39 is 12.0 Å². The summed E-state index contributed by atoms with van der Waals surface area (Å²) in [7, 11) is 1.54. The van der Waals surface area contributed by atoms with Crippen LogP contribution in [-0.2, 0) is 16.1 Å². The molecule has 0 N–H and O–H groups in total. The van der Waals surface area contributed by atoms with Gasteiger partial charge in [0.25, 0.3) is 5.56 Å². The highest BCUT2D eigenvalue weighted by atomic mass is 79.9. The number of esters is 1. The molecule has 0 bridgehead atoms. The standard InChI is InChI=1S/C38H30BrN3O5S2/c1-4-46-37(44)32-33(24-10-6-5-7-11-24)41-38-42(34(32)25-14-16-28(48-3)17-15-25)36(43)31(49-38)20-23-18-29(39)35(30(19-23)45-2)47-22-27-13-9-8-12-26(27)21-40/h5-20,34H,4,22H2,1-3H3/b31-20-/t34-/m1/s1. The number of carbonyl (C=O) groups is 1. The average molecular weight is 753 g/mol. The van der Waals surface area contributed by atoms with Crippen LogP contribution in [0.15, 0.2) is 116 Å². The van der Waals surface area contributed by atoms with Crippen LogP contribution in [0.1, 0.15) is 40.8 Å². The molecule has 1 aliphatic rings. The number of carbonyl (C=O) groups excluding carboxylic acids is 1. The number of thioether (sulfide) groups is 1. The molecule has 0 aliphatic carbocycles. The minimum Gasteiger partial charge on any atom is -0.493 e. The third-order valence-corrected chi connectivity index (χ3v) is 10.2. The molecule has 4 aromatic carbocycles. The van der Waals surface area contributed by atoms with Crippen molar-refractivity contribution in [1.29, 1.82) is 5.26 Å². The van der Waals surface area contributed by atoms with Crippen LogP contribution in [0.3, 0.4) is 0 Å². The molecule has 1 aliphatic heterocycles. The van der Waals surface area contributed by atoms with Crippen molar-refractivity contribution >= 4 is 56.8 Å². The molecule has 0 unspecified atom stereocenters. The van der Waals surface area contributed by atoms with Gasteiger partial charge in [0.05, 0.1) is 51.7 Å². The fourth-order valence-corrected chi connectivity index (χ4v) is 7.55. The molecule has 1 atom stereocenters. The lowest BCUT2D eigenvalue weighted by Gasteiger charge is -2.26. The van der Waals surface area contributed by atoms with Gasteiger partial charge in [0.1, 0.15) is 6.61 Å². The van der Waals surface area contributed by atoms with Crippen LogP contribution in [0.5, 0.6) is 11.5 Å². The van der Waals surface area contributed by atoms with E-state index in [0.29, 0.717) is 47.7 Å². The molecule has 0 saturated heterocycles. The Hall–Kier alpha value is -4.89. The van der Waals surface area contributed by atoms with E-state index in [1.807, 2.05) is 79.1 Å². The molecule has 0 saturated carbocycles. The van der Waals surface area contributed by atoms with E-state index in [1.54, 1.807) is 54.6 Å². The number of methoxy groups -OCH3 is 1. The van der Waals surface area contributed by atoms with Gasteiger partial charge in [0, 0.05) is 16.0 Å². The summed E-state index contributed by atoms with van der Waals surface area (Å²) in [5, 5.41) is 9.47. The average Bonchev–Trinajstić information content (AvgIpc) is 3.44. The molecule has 246 valence electrons. The van der Waals surface area contributed by atoms with Gasteiger partial charge in [-0.3, -0.25) is 9.36 Å². The topological polar surface area (TPSA) is 103 Å². The molecule has 6 rings (SSSR count). The monoisotopic (exact) mass is 751 g/mol. The first-order chi connectivity index (χ1) is 23.9. The van der Waals surface area contributed by atoms with Gasteiger partial charge in [-0.25, -0.2) is 9.79 Å². The number of aromatic nitrogens is 1. The fraction of sp³-hybridized carbons (Fsp3) is 0.158. The molecule has 0 amide bonds. The lowest BCUT2D eigenvalue weighted by atomic mass is 9.93. The third kappa shape index (κ3) is 6.99. The molecule has 0 fully saturated rings. The van der Waals surface area contributed by atoms with Crippen molar-refractivity contribution in [2.24, 2.45) is 4.99 Å². The van der Waals surface area contributed by atoms with E-state index >= 15 is 0 Å². The molecule has 5 aromatic rings. The Morgan fingerprint density at radius 2 is 1.82 bits per heavy atom. The number of nitriles is 1. The highest BCUT2D eigenvalue weighted by molar-refractivity contribution is 9.10. The minimum atomic E-state index is -0.767. The number of fused-ring (bicyclic) bond motifs is 1. The van der Waals surface area contributed by atoms with Gasteiger partial charge >= 0.3 is 5.97 Å². The minimum absolute atomic E-state index is 0.168. The smallest absolute Gasteiger partial charge is 0.338 e. The number of hydrogen-bond acceptors (Lipinski definition) is 9. The Morgan fingerprint density at radius 3 is 2.51 bits per heavy atom. The van der Waals surface area contributed by atoms with Gasteiger partial charge < -0.3 is 14.2 Å². The van der Waals surface area contributed by atoms with Crippen molar-refractivity contribution in [1.82, 2.24) is 4.57 Å². The largest absolute Gasteiger partial charge is 0.493 e. The van der Waals surface area contributed by atoms with Crippen LogP contribution < -0.4 is 24.4 Å². The van der Waals surface area contributed by atoms with Crippen LogP contribution in [0.2, 0.25) is 0 Å². The van der Waals surface area contributed by atoms with E-state index in [2.05, 4.69) is 22.0 Å². The van der Waals surface area contributed by atoms with E-state index in [1.165, 1.54) is 11.3 Å². The summed E-state index contributed by atoms with van der Waals surface area (Å²) < 4.78 is 20.0. The lowest BCUT2D eigenvalue weighted by molar-refractivity contribution is -0.138. The Kier molecular flexibility index (Phi) is 10.5. The Labute approximate surface area is 299 Å². The second kappa shape index (κ2) is 15.1. The second-order valence-electron chi connectivity index (χ2n) is 10.8. The van der Waals surface area contributed by atoms with E-state index in [9.17, 15) is 14.9 Å². The van der Waals surface area contributed by atoms with Gasteiger partial charge in [0.2, 0.25) is 0 Å². The van der Waals surface area contributed by atoms with Crippen molar-refractivity contribution in [3.05, 3.63) is 149 Å². The number of ether oxygens (including phenoxy) is 3. The fourth-order valence-electron chi connectivity index (χ4n) is 5.56. The number of benzene rings is 4. The zero-order chi connectivity index (χ0) is 34.5. The molecule has 2 heterocycles. The first-order valence-electron chi connectivity index (χ1n) is 15.3. The van der Waals surface area contributed by atoms with Crippen LogP contribution in [0.25, 0.3) is 11.8 Å². The molecule has 49 heavy (non-hydrogen) atoms. The predicted octanol–water partition coefficient (Wildman–Crippen LogP) is 6.88. The summed E-state index contributed by atoms with van der Waals surface area (Å²) in [4.78, 5) is 34.5. The van der Waals surface area contributed by atoms with Crippen LogP contribution in [0.4, 0.5) is 0 Å². The van der Waals surface area contributed by atoms with Crippen LogP contribution in [0, 0.1) is 11.3 Å². The summed E-state index contributed by atoms with van der Waals surface area (Å²) in [5.41, 5.74) is 3.95. The first-order valence-corrected chi connectivity index (χ1v) is 18.1. The molecule has 0 radical (unpaired) electrons. The van der Waals surface area contributed by atoms with E-state index in [4.69, 9.17) is 19.2 Å². The summed E-state index contributed by atoms with van der Waals surface area (Å²) in [6, 6.07) is 29.6. The molecule has 0 spiro atoms. The van der Waals surface area contributed by atoms with Crippen molar-refractivity contribution in [2.75, 3.05) is 20.0 Å². The van der Waals surface area contributed by atoms with Gasteiger partial charge in [-0.05, 0) is 76.6 Å². The third-order valence-electron chi connectivity index (χ3n) is 7.86. The summed E-state index contributed by atoms with van der Waals surface area (Å²) in [6.07, 6.45) is 3.77. The first kappa shape index (κ1) is 34.0. The maximum atomic E-state index is 14.3. The molecule has 8 nitrogen and oxygen atoms in total. The van der Waals surface area contributed by atoms with Gasteiger partial charge in [-0.2, -0.15) is 5.26 Å². The summed E-state index contributed by atoms with van der Waals surface area (Å²) in [5.74, 6) is 0.389. The lowest BCUT2D eigenvalue weighted by Crippen LogP contribution is -2.40. The second-order valence-corrected chi connectivity index (χ2v) is 13.5. The van der Waals surface area contributed by atoms with Crippen molar-refractivity contribution in [3.63, 3.8) is 0 Å². The highest BCUT2D eigenvalue weighted by Gasteiger charge is 2.35. The normalized spacial score (nSPS) is 14.1. The molecular weight excluding hydrogens is 722 g/mol. The van der Waals surface area contributed by atoms with E-state index in [0.717, 1.165) is 21.6 Å². The number of hydrogen-bond donors (Lipinski definition) is 0. The Balaban J connectivity index is 1.49. The van der Waals surface area contributed by atoms with Crippen LogP contribution >= 0.6 is 39.0 Å². The van der Waals surface area contributed by atoms with Gasteiger partial charge in [-0.1, -0.05) is 72.0 Å². The molecule has 11 heteroatoms. The zero-order valence-corrected chi connectivity index (χ0v) is 30.0. The summed E-state index contributed by atoms with van der Waals surface area (Å²) >= 11 is 6.47. The maximum absolute atomic E-state index is 14.3. The SMILES string of the molecule is CCOC(=O)C1=C(c2ccccc2)N=c2s/c(=C\c3cc(Br)c(OCc4ccccc4C#N)c(OC)c3)c(=O)n2[C@@H]1c1ccc(SC)cc1. The van der Waals surface area contributed by atoms with Crippen molar-refractivity contribution in [3.8, 4) is 17.6 Å². The van der Waals surface area contributed by atoms with Crippen molar-refractivity contribution in [2.45, 2.75) is 24.5 Å². The molecular formula is C38H30BrN3O5S2. The summed E-state index contributed by atoms with van der Waals surface area (Å²) in [6.45, 7) is 2.10. The Morgan fingerprint density at radius 1 is 1.08 bits per heavy atom. The number of halogens is 1.